The predicted octanol–water partition coefficient (Wildman–Crippen LogP) is 2.55. The maximum Gasteiger partial charge on any atom is 0.119 e. The molecule has 1 N–H and O–H groups in total. The zero-order valence-electron chi connectivity index (χ0n) is 8.60. The van der Waals surface area contributed by atoms with Gasteiger partial charge in [-0.2, -0.15) is 0 Å². The van der Waals surface area contributed by atoms with Gasteiger partial charge in [0.2, 0.25) is 0 Å². The van der Waals surface area contributed by atoms with Gasteiger partial charge in [0.15, 0.2) is 0 Å². The highest BCUT2D eigenvalue weighted by atomic mass is 16.5. The molecular formula is C12H16O2. The molecule has 1 aromatic carbocycles. The zero-order valence-corrected chi connectivity index (χ0v) is 8.60. The first kappa shape index (κ1) is 10.8. The summed E-state index contributed by atoms with van der Waals surface area (Å²) in [6.45, 7) is 5.59. The number of benzene rings is 1. The molecule has 0 heterocycles. The van der Waals surface area contributed by atoms with E-state index in [1.165, 1.54) is 0 Å². The van der Waals surface area contributed by atoms with Crippen molar-refractivity contribution in [1.82, 2.24) is 0 Å². The Hall–Kier alpha value is -1.28. The molecule has 76 valence electrons. The van der Waals surface area contributed by atoms with E-state index in [0.717, 1.165) is 11.3 Å². The monoisotopic (exact) mass is 192 g/mol. The first-order chi connectivity index (χ1) is 6.69. The van der Waals surface area contributed by atoms with Gasteiger partial charge in [-0.3, -0.25) is 0 Å². The third-order valence-electron chi connectivity index (χ3n) is 2.31. The van der Waals surface area contributed by atoms with Crippen molar-refractivity contribution in [1.29, 1.82) is 0 Å². The van der Waals surface area contributed by atoms with Gasteiger partial charge in [0.1, 0.15) is 5.75 Å². The molecule has 2 heteroatoms. The van der Waals surface area contributed by atoms with Crippen molar-refractivity contribution in [2.24, 2.45) is 5.92 Å². The number of rotatable bonds is 4. The highest BCUT2D eigenvalue weighted by Crippen LogP contribution is 2.25. The average molecular weight is 192 g/mol. The van der Waals surface area contributed by atoms with Gasteiger partial charge in [0.25, 0.3) is 0 Å². The SMILES string of the molecule is C=CC(C)[C@H](O)c1cccc(OC)c1. The summed E-state index contributed by atoms with van der Waals surface area (Å²) >= 11 is 0. The maximum atomic E-state index is 9.88. The van der Waals surface area contributed by atoms with Crippen LogP contribution < -0.4 is 4.74 Å². The summed E-state index contributed by atoms with van der Waals surface area (Å²) in [5.74, 6) is 0.805. The molecule has 0 saturated carbocycles. The molecule has 0 bridgehead atoms. The number of aliphatic hydroxyl groups excluding tert-OH is 1. The van der Waals surface area contributed by atoms with Gasteiger partial charge in [0.05, 0.1) is 13.2 Å². The van der Waals surface area contributed by atoms with E-state index in [2.05, 4.69) is 6.58 Å². The Kier molecular flexibility index (Phi) is 3.72. The third-order valence-corrected chi connectivity index (χ3v) is 2.31. The normalized spacial score (nSPS) is 14.5. The second kappa shape index (κ2) is 4.82. The molecule has 0 aliphatic heterocycles. The second-order valence-electron chi connectivity index (χ2n) is 3.32. The fourth-order valence-electron chi connectivity index (χ4n) is 1.26. The van der Waals surface area contributed by atoms with E-state index >= 15 is 0 Å². The summed E-state index contributed by atoms with van der Waals surface area (Å²) in [5, 5.41) is 9.88. The number of hydrogen-bond acceptors (Lipinski definition) is 2. The number of aliphatic hydroxyl groups is 1. The summed E-state index contributed by atoms with van der Waals surface area (Å²) in [6.07, 6.45) is 1.23. The van der Waals surface area contributed by atoms with E-state index in [4.69, 9.17) is 4.74 Å². The standard InChI is InChI=1S/C12H16O2/c1-4-9(2)12(13)10-6-5-7-11(8-10)14-3/h4-9,12-13H,1H2,2-3H3/t9?,12-/m0/s1. The summed E-state index contributed by atoms with van der Waals surface area (Å²) in [6, 6.07) is 7.44. The lowest BCUT2D eigenvalue weighted by Gasteiger charge is -2.16. The third kappa shape index (κ3) is 2.36. The first-order valence-corrected chi connectivity index (χ1v) is 4.63. The van der Waals surface area contributed by atoms with Crippen molar-refractivity contribution in [2.45, 2.75) is 13.0 Å². The van der Waals surface area contributed by atoms with Gasteiger partial charge >= 0.3 is 0 Å². The summed E-state index contributed by atoms with van der Waals surface area (Å²) in [4.78, 5) is 0. The van der Waals surface area contributed by atoms with Crippen LogP contribution in [-0.4, -0.2) is 12.2 Å². The topological polar surface area (TPSA) is 29.5 Å². The maximum absolute atomic E-state index is 9.88. The smallest absolute Gasteiger partial charge is 0.119 e. The molecule has 0 spiro atoms. The van der Waals surface area contributed by atoms with Crippen molar-refractivity contribution in [3.8, 4) is 5.75 Å². The van der Waals surface area contributed by atoms with E-state index in [-0.39, 0.29) is 5.92 Å². The molecule has 1 rings (SSSR count). The van der Waals surface area contributed by atoms with Crippen LogP contribution in [-0.2, 0) is 0 Å². The van der Waals surface area contributed by atoms with E-state index in [1.807, 2.05) is 31.2 Å². The van der Waals surface area contributed by atoms with Gasteiger partial charge in [-0.05, 0) is 17.7 Å². The van der Waals surface area contributed by atoms with Crippen LogP contribution in [0.25, 0.3) is 0 Å². The van der Waals surface area contributed by atoms with E-state index < -0.39 is 6.10 Å². The molecule has 0 saturated heterocycles. The van der Waals surface area contributed by atoms with Gasteiger partial charge in [0, 0.05) is 5.92 Å². The van der Waals surface area contributed by atoms with Gasteiger partial charge in [-0.1, -0.05) is 25.1 Å². The minimum absolute atomic E-state index is 0.0436. The van der Waals surface area contributed by atoms with Crippen molar-refractivity contribution in [3.05, 3.63) is 42.5 Å². The lowest BCUT2D eigenvalue weighted by Crippen LogP contribution is -2.06. The Morgan fingerprint density at radius 1 is 1.50 bits per heavy atom. The molecule has 0 fully saturated rings. The molecule has 0 aromatic heterocycles. The van der Waals surface area contributed by atoms with E-state index in [0.29, 0.717) is 0 Å². The van der Waals surface area contributed by atoms with Gasteiger partial charge < -0.3 is 9.84 Å². The molecule has 1 aromatic rings. The van der Waals surface area contributed by atoms with Crippen LogP contribution in [0.15, 0.2) is 36.9 Å². The van der Waals surface area contributed by atoms with E-state index in [1.54, 1.807) is 13.2 Å². The Morgan fingerprint density at radius 3 is 2.79 bits per heavy atom. The summed E-state index contributed by atoms with van der Waals surface area (Å²) in [7, 11) is 1.61. The highest BCUT2D eigenvalue weighted by molar-refractivity contribution is 5.30. The van der Waals surface area contributed by atoms with Gasteiger partial charge in [-0.25, -0.2) is 0 Å². The van der Waals surface area contributed by atoms with Crippen LogP contribution in [0, 0.1) is 5.92 Å². The zero-order chi connectivity index (χ0) is 10.6. The molecule has 0 radical (unpaired) electrons. The lowest BCUT2D eigenvalue weighted by molar-refractivity contribution is 0.139. The number of methoxy groups -OCH3 is 1. The van der Waals surface area contributed by atoms with Crippen LogP contribution in [0.3, 0.4) is 0 Å². The molecule has 1 unspecified atom stereocenters. The van der Waals surface area contributed by atoms with Crippen molar-refractivity contribution in [3.63, 3.8) is 0 Å². The first-order valence-electron chi connectivity index (χ1n) is 4.63. The van der Waals surface area contributed by atoms with Crippen LogP contribution in [0.5, 0.6) is 5.75 Å². The van der Waals surface area contributed by atoms with Crippen LogP contribution in [0.2, 0.25) is 0 Å². The van der Waals surface area contributed by atoms with Crippen molar-refractivity contribution in [2.75, 3.05) is 7.11 Å². The minimum Gasteiger partial charge on any atom is -0.497 e. The Morgan fingerprint density at radius 2 is 2.21 bits per heavy atom. The van der Waals surface area contributed by atoms with Crippen LogP contribution >= 0.6 is 0 Å². The van der Waals surface area contributed by atoms with E-state index in [9.17, 15) is 5.11 Å². The van der Waals surface area contributed by atoms with Crippen molar-refractivity contribution >= 4 is 0 Å². The molecule has 0 aliphatic carbocycles. The fourth-order valence-corrected chi connectivity index (χ4v) is 1.26. The summed E-state index contributed by atoms with van der Waals surface area (Å²) in [5.41, 5.74) is 0.858. The Balaban J connectivity index is 2.89. The van der Waals surface area contributed by atoms with Crippen molar-refractivity contribution < 1.29 is 9.84 Å². The average Bonchev–Trinajstić information content (AvgIpc) is 2.27. The number of ether oxygens (including phenoxy) is 1. The summed E-state index contributed by atoms with van der Waals surface area (Å²) < 4.78 is 5.08. The second-order valence-corrected chi connectivity index (χ2v) is 3.32. The van der Waals surface area contributed by atoms with Gasteiger partial charge in [-0.15, -0.1) is 6.58 Å². The molecule has 2 nitrogen and oxygen atoms in total. The van der Waals surface area contributed by atoms with Crippen LogP contribution in [0.4, 0.5) is 0 Å². The lowest BCUT2D eigenvalue weighted by atomic mass is 9.97. The van der Waals surface area contributed by atoms with Crippen LogP contribution in [0.1, 0.15) is 18.6 Å². The quantitative estimate of drug-likeness (QED) is 0.743. The highest BCUT2D eigenvalue weighted by Gasteiger charge is 2.13. The predicted molar refractivity (Wildman–Crippen MR) is 57.3 cm³/mol. The Bertz CT molecular complexity index is 307. The largest absolute Gasteiger partial charge is 0.497 e. The molecular weight excluding hydrogens is 176 g/mol. The fraction of sp³-hybridized carbons (Fsp3) is 0.333. The molecule has 14 heavy (non-hydrogen) atoms. The molecule has 2 atom stereocenters. The Labute approximate surface area is 84.8 Å². The molecule has 0 amide bonds. The molecule has 0 aliphatic rings. The minimum atomic E-state index is -0.511. The number of hydrogen-bond donors (Lipinski definition) is 1.